The molecule has 1 fully saturated rings. The average molecular weight is 475 g/mol. The lowest BCUT2D eigenvalue weighted by atomic mass is 9.98. The lowest BCUT2D eigenvalue weighted by Crippen LogP contribution is -2.49. The molecular weight excluding hydrogens is 457 g/mol. The molecule has 7 nitrogen and oxygen atoms in total. The van der Waals surface area contributed by atoms with Crippen LogP contribution in [-0.4, -0.2) is 45.1 Å². The van der Waals surface area contributed by atoms with E-state index in [1.54, 1.807) is 19.1 Å². The number of aryl methyl sites for hydroxylation is 1. The van der Waals surface area contributed by atoms with Gasteiger partial charge in [0.15, 0.2) is 5.65 Å². The van der Waals surface area contributed by atoms with Gasteiger partial charge in [-0.25, -0.2) is 18.2 Å². The molecule has 170 valence electrons. The van der Waals surface area contributed by atoms with Gasteiger partial charge in [0.25, 0.3) is 6.43 Å². The SMILES string of the molecule is C=CN=C1C=C(Cl)C(F)=C/C1=C\c1c(C)nc2c(C#N)c(C(F)F)nn2c1N1CC(CO)C1. The monoisotopic (exact) mass is 474 g/mol. The Bertz CT molecular complexity index is 1310. The highest BCUT2D eigenvalue weighted by molar-refractivity contribution is 6.35. The first-order chi connectivity index (χ1) is 15.8. The number of aliphatic hydroxyl groups is 1. The van der Waals surface area contributed by atoms with Crippen LogP contribution >= 0.6 is 11.6 Å². The summed E-state index contributed by atoms with van der Waals surface area (Å²) < 4.78 is 42.6. The van der Waals surface area contributed by atoms with Gasteiger partial charge in [-0.05, 0) is 25.2 Å². The van der Waals surface area contributed by atoms with Gasteiger partial charge in [0.05, 0.1) is 16.4 Å². The molecule has 2 aliphatic rings. The number of halogens is 4. The van der Waals surface area contributed by atoms with Crippen LogP contribution in [0.25, 0.3) is 11.7 Å². The molecule has 33 heavy (non-hydrogen) atoms. The van der Waals surface area contributed by atoms with Gasteiger partial charge in [-0.1, -0.05) is 18.2 Å². The Morgan fingerprint density at radius 3 is 2.76 bits per heavy atom. The van der Waals surface area contributed by atoms with Gasteiger partial charge in [0.1, 0.15) is 29.0 Å². The zero-order valence-corrected chi connectivity index (χ0v) is 18.2. The van der Waals surface area contributed by atoms with E-state index in [0.717, 1.165) is 0 Å². The average Bonchev–Trinajstić information content (AvgIpc) is 3.11. The Balaban J connectivity index is 2.00. The number of aromatic nitrogens is 3. The fourth-order valence-corrected chi connectivity index (χ4v) is 3.95. The van der Waals surface area contributed by atoms with Crippen molar-refractivity contribution >= 4 is 34.9 Å². The van der Waals surface area contributed by atoms with Crippen molar-refractivity contribution < 1.29 is 18.3 Å². The first-order valence-electron chi connectivity index (χ1n) is 9.91. The van der Waals surface area contributed by atoms with Crippen molar-refractivity contribution in [3.05, 3.63) is 63.9 Å². The van der Waals surface area contributed by atoms with Crippen LogP contribution in [-0.2, 0) is 0 Å². The van der Waals surface area contributed by atoms with Gasteiger partial charge in [-0.3, -0.25) is 4.99 Å². The van der Waals surface area contributed by atoms with Crippen molar-refractivity contribution in [1.82, 2.24) is 14.6 Å². The molecule has 3 heterocycles. The summed E-state index contributed by atoms with van der Waals surface area (Å²) in [5, 5.41) is 22.8. The molecule has 0 bridgehead atoms. The molecule has 1 aliphatic carbocycles. The first kappa shape index (κ1) is 22.8. The maximum Gasteiger partial charge on any atom is 0.283 e. The predicted molar refractivity (Wildman–Crippen MR) is 119 cm³/mol. The molecule has 2 aromatic heterocycles. The minimum Gasteiger partial charge on any atom is -0.396 e. The first-order valence-corrected chi connectivity index (χ1v) is 10.3. The minimum absolute atomic E-state index is 0.00115. The molecule has 0 atom stereocenters. The zero-order valence-electron chi connectivity index (χ0n) is 17.4. The number of hydrogen-bond donors (Lipinski definition) is 1. The lowest BCUT2D eigenvalue weighted by Gasteiger charge is -2.40. The highest BCUT2D eigenvalue weighted by Crippen LogP contribution is 2.36. The van der Waals surface area contributed by atoms with E-state index in [1.807, 2.05) is 4.90 Å². The smallest absolute Gasteiger partial charge is 0.283 e. The molecule has 0 aromatic carbocycles. The number of fused-ring (bicyclic) bond motifs is 1. The standard InChI is InChI=1S/C22H18ClF3N6O/c1-3-28-18-6-16(23)17(24)5-13(18)4-14-11(2)29-21-15(7-27)19(20(25)26)30-32(21)22(14)31-8-12(9-31)10-33/h3-6,12,20,33H,1,8-10H2,2H3/b13-4+,28-18?. The summed E-state index contributed by atoms with van der Waals surface area (Å²) in [6, 6.07) is 1.77. The van der Waals surface area contributed by atoms with Crippen LogP contribution in [0.15, 0.2) is 46.4 Å². The summed E-state index contributed by atoms with van der Waals surface area (Å²) >= 11 is 5.90. The van der Waals surface area contributed by atoms with Crippen LogP contribution in [0.3, 0.4) is 0 Å². The van der Waals surface area contributed by atoms with Crippen LogP contribution < -0.4 is 4.90 Å². The Morgan fingerprint density at radius 2 is 2.15 bits per heavy atom. The molecule has 1 saturated heterocycles. The second-order valence-electron chi connectivity index (χ2n) is 7.58. The highest BCUT2D eigenvalue weighted by Gasteiger charge is 2.33. The van der Waals surface area contributed by atoms with E-state index >= 15 is 0 Å². The number of aliphatic hydroxyl groups excluding tert-OH is 1. The fraction of sp³-hybridized carbons (Fsp3) is 0.273. The summed E-state index contributed by atoms with van der Waals surface area (Å²) in [4.78, 5) is 10.3. The third kappa shape index (κ3) is 3.94. The summed E-state index contributed by atoms with van der Waals surface area (Å²) in [7, 11) is 0. The van der Waals surface area contributed by atoms with Gasteiger partial charge in [0.2, 0.25) is 0 Å². The second kappa shape index (κ2) is 8.84. The minimum atomic E-state index is -2.97. The van der Waals surface area contributed by atoms with Crippen molar-refractivity contribution in [3.63, 3.8) is 0 Å². The number of allylic oxidation sites excluding steroid dienone is 5. The number of hydrogen-bond acceptors (Lipinski definition) is 6. The zero-order chi connectivity index (χ0) is 23.9. The number of nitrogens with zero attached hydrogens (tertiary/aromatic N) is 6. The maximum atomic E-state index is 14.3. The molecule has 0 amide bonds. The Hall–Kier alpha value is -3.42. The van der Waals surface area contributed by atoms with E-state index in [2.05, 4.69) is 21.7 Å². The summed E-state index contributed by atoms with van der Waals surface area (Å²) in [6.45, 7) is 6.08. The van der Waals surface area contributed by atoms with Crippen LogP contribution in [0.4, 0.5) is 19.0 Å². The highest BCUT2D eigenvalue weighted by atomic mass is 35.5. The summed E-state index contributed by atoms with van der Waals surface area (Å²) in [6.07, 6.45) is 2.50. The van der Waals surface area contributed by atoms with Crippen LogP contribution in [0.5, 0.6) is 0 Å². The van der Waals surface area contributed by atoms with Crippen molar-refractivity contribution in [3.8, 4) is 6.07 Å². The number of rotatable bonds is 5. The molecule has 1 N–H and O–H groups in total. The topological polar surface area (TPSA) is 89.8 Å². The van der Waals surface area contributed by atoms with Gasteiger partial charge in [-0.15, -0.1) is 0 Å². The normalized spacial score (nSPS) is 19.2. The van der Waals surface area contributed by atoms with Crippen molar-refractivity contribution in [2.75, 3.05) is 24.6 Å². The van der Waals surface area contributed by atoms with Crippen LogP contribution in [0.1, 0.15) is 28.9 Å². The van der Waals surface area contributed by atoms with E-state index in [0.29, 0.717) is 41.4 Å². The summed E-state index contributed by atoms with van der Waals surface area (Å²) in [5.74, 6) is -0.249. The van der Waals surface area contributed by atoms with E-state index < -0.39 is 17.9 Å². The Labute approximate surface area is 192 Å². The number of aliphatic imine (C=N–C) groups is 1. The molecule has 0 unspecified atom stereocenters. The van der Waals surface area contributed by atoms with Crippen LogP contribution in [0, 0.1) is 24.2 Å². The number of anilines is 1. The molecule has 2 aromatic rings. The summed E-state index contributed by atoms with van der Waals surface area (Å²) in [5.41, 5.74) is 0.648. The molecule has 0 radical (unpaired) electrons. The van der Waals surface area contributed by atoms with Gasteiger partial charge >= 0.3 is 0 Å². The van der Waals surface area contributed by atoms with Crippen molar-refractivity contribution in [2.45, 2.75) is 13.3 Å². The molecule has 1 aliphatic heterocycles. The van der Waals surface area contributed by atoms with Gasteiger partial charge < -0.3 is 10.0 Å². The number of nitriles is 1. The Morgan fingerprint density at radius 1 is 1.42 bits per heavy atom. The molecular formula is C22H18ClF3N6O. The molecule has 0 saturated carbocycles. The van der Waals surface area contributed by atoms with E-state index in [1.165, 1.54) is 22.9 Å². The fourth-order valence-electron chi connectivity index (χ4n) is 3.80. The third-order valence-corrected chi connectivity index (χ3v) is 5.72. The Kier molecular flexibility index (Phi) is 6.10. The molecule has 11 heteroatoms. The molecule has 4 rings (SSSR count). The predicted octanol–water partition coefficient (Wildman–Crippen LogP) is 4.23. The largest absolute Gasteiger partial charge is 0.396 e. The van der Waals surface area contributed by atoms with Gasteiger partial charge in [0, 0.05) is 43.0 Å². The van der Waals surface area contributed by atoms with Crippen LogP contribution in [0.2, 0.25) is 0 Å². The lowest BCUT2D eigenvalue weighted by molar-refractivity contribution is 0.145. The molecule has 0 spiro atoms. The number of alkyl halides is 2. The van der Waals surface area contributed by atoms with E-state index in [4.69, 9.17) is 11.6 Å². The van der Waals surface area contributed by atoms with Crippen molar-refractivity contribution in [1.29, 1.82) is 5.26 Å². The maximum absolute atomic E-state index is 14.3. The quantitative estimate of drug-likeness (QED) is 0.700. The third-order valence-electron chi connectivity index (χ3n) is 5.43. The second-order valence-corrected chi connectivity index (χ2v) is 7.98. The van der Waals surface area contributed by atoms with Gasteiger partial charge in [-0.2, -0.15) is 14.9 Å². The van der Waals surface area contributed by atoms with E-state index in [9.17, 15) is 23.5 Å². The van der Waals surface area contributed by atoms with E-state index in [-0.39, 0.29) is 28.8 Å². The van der Waals surface area contributed by atoms with Crippen molar-refractivity contribution in [2.24, 2.45) is 10.9 Å².